The van der Waals surface area contributed by atoms with Gasteiger partial charge < -0.3 is 15.1 Å². The van der Waals surface area contributed by atoms with E-state index in [4.69, 9.17) is 11.5 Å². The van der Waals surface area contributed by atoms with Gasteiger partial charge in [-0.15, -0.1) is 6.42 Å². The second-order valence-corrected chi connectivity index (χ2v) is 3.13. The molecule has 1 rings (SSSR count). The van der Waals surface area contributed by atoms with Crippen molar-refractivity contribution in [2.45, 2.75) is 0 Å². The van der Waals surface area contributed by atoms with E-state index in [-0.39, 0.29) is 18.0 Å². The molecule has 17 heavy (non-hydrogen) atoms. The number of amides is 1. The Balaban J connectivity index is 2.96. The lowest BCUT2D eigenvalue weighted by Crippen LogP contribution is -2.36. The molecule has 2 N–H and O–H groups in total. The fourth-order valence-electron chi connectivity index (χ4n) is 1.18. The minimum Gasteiger partial charge on any atom is -0.505 e. The highest BCUT2D eigenvalue weighted by molar-refractivity contribution is 5.96. The van der Waals surface area contributed by atoms with Crippen molar-refractivity contribution in [2.24, 2.45) is 0 Å². The van der Waals surface area contributed by atoms with Gasteiger partial charge in [0.2, 0.25) is 0 Å². The van der Waals surface area contributed by atoms with Gasteiger partial charge in [-0.2, -0.15) is 0 Å². The normalized spacial score (nSPS) is 9.35. The molecule has 1 heterocycles. The van der Waals surface area contributed by atoms with Crippen LogP contribution in [0.4, 0.5) is 0 Å². The van der Waals surface area contributed by atoms with Crippen molar-refractivity contribution in [3.05, 3.63) is 24.0 Å². The summed E-state index contributed by atoms with van der Waals surface area (Å²) in [6.07, 6.45) is 6.36. The molecule has 0 spiro atoms. The summed E-state index contributed by atoms with van der Waals surface area (Å²) in [5, 5.41) is 18.1. The Hall–Kier alpha value is -2.55. The summed E-state index contributed by atoms with van der Waals surface area (Å²) in [6, 6.07) is 2.74. The number of hydrogen-bond acceptors (Lipinski definition) is 4. The van der Waals surface area contributed by atoms with Crippen molar-refractivity contribution in [1.82, 2.24) is 9.88 Å². The molecule has 0 radical (unpaired) electrons. The number of pyridine rings is 1. The summed E-state index contributed by atoms with van der Waals surface area (Å²) in [7, 11) is 0. The van der Waals surface area contributed by atoms with Crippen molar-refractivity contribution in [1.29, 1.82) is 0 Å². The number of carboxylic acid groups (broad SMARTS) is 1. The molecule has 0 aliphatic carbocycles. The van der Waals surface area contributed by atoms with Crippen LogP contribution in [0.25, 0.3) is 0 Å². The van der Waals surface area contributed by atoms with E-state index in [2.05, 4.69) is 10.9 Å². The summed E-state index contributed by atoms with van der Waals surface area (Å²) in [6.45, 7) is -0.708. The highest BCUT2D eigenvalue weighted by atomic mass is 16.4. The van der Waals surface area contributed by atoms with E-state index in [9.17, 15) is 14.7 Å². The largest absolute Gasteiger partial charge is 0.505 e. The number of carbonyl (C=O) groups is 2. The molecule has 0 saturated heterocycles. The van der Waals surface area contributed by atoms with Crippen LogP contribution in [-0.4, -0.2) is 45.1 Å². The average molecular weight is 234 g/mol. The number of carbonyl (C=O) groups excluding carboxylic acids is 1. The first kappa shape index (κ1) is 12.5. The monoisotopic (exact) mass is 234 g/mol. The number of carboxylic acids is 1. The molecule has 0 saturated carbocycles. The first-order chi connectivity index (χ1) is 8.06. The van der Waals surface area contributed by atoms with E-state index in [1.807, 2.05) is 0 Å². The number of nitrogens with zero attached hydrogens (tertiary/aromatic N) is 2. The summed E-state index contributed by atoms with van der Waals surface area (Å²) < 4.78 is 0. The van der Waals surface area contributed by atoms with Gasteiger partial charge in [-0.3, -0.25) is 9.59 Å². The molecule has 1 amide bonds. The number of hydrogen-bond donors (Lipinski definition) is 2. The van der Waals surface area contributed by atoms with E-state index < -0.39 is 18.4 Å². The Kier molecular flexibility index (Phi) is 4.06. The van der Waals surface area contributed by atoms with Crippen LogP contribution in [0.15, 0.2) is 18.3 Å². The molecule has 0 aliphatic rings. The second kappa shape index (κ2) is 5.51. The number of aromatic nitrogens is 1. The van der Waals surface area contributed by atoms with Gasteiger partial charge >= 0.3 is 5.97 Å². The Labute approximate surface area is 97.5 Å². The van der Waals surface area contributed by atoms with Gasteiger partial charge in [-0.25, -0.2) is 4.98 Å². The quantitative estimate of drug-likeness (QED) is 0.712. The topological polar surface area (TPSA) is 90.7 Å². The molecule has 0 aliphatic heterocycles. The lowest BCUT2D eigenvalue weighted by Gasteiger charge is -2.17. The summed E-state index contributed by atoms with van der Waals surface area (Å²) in [4.78, 5) is 27.0. The van der Waals surface area contributed by atoms with Gasteiger partial charge in [0, 0.05) is 6.20 Å². The van der Waals surface area contributed by atoms with Gasteiger partial charge in [0.15, 0.2) is 5.69 Å². The summed E-state index contributed by atoms with van der Waals surface area (Å²) >= 11 is 0. The van der Waals surface area contributed by atoms with E-state index in [0.717, 1.165) is 4.90 Å². The fraction of sp³-hybridized carbons (Fsp3) is 0.182. The minimum atomic E-state index is -1.19. The maximum absolute atomic E-state index is 11.8. The first-order valence-electron chi connectivity index (χ1n) is 4.64. The van der Waals surface area contributed by atoms with Crippen LogP contribution in [-0.2, 0) is 4.79 Å². The average Bonchev–Trinajstić information content (AvgIpc) is 2.28. The van der Waals surface area contributed by atoms with Crippen molar-refractivity contribution < 1.29 is 19.8 Å². The van der Waals surface area contributed by atoms with Gasteiger partial charge in [-0.05, 0) is 12.1 Å². The van der Waals surface area contributed by atoms with E-state index in [1.54, 1.807) is 0 Å². The zero-order chi connectivity index (χ0) is 12.8. The lowest BCUT2D eigenvalue weighted by molar-refractivity contribution is -0.137. The predicted molar refractivity (Wildman–Crippen MR) is 58.3 cm³/mol. The van der Waals surface area contributed by atoms with Crippen molar-refractivity contribution in [2.75, 3.05) is 13.1 Å². The van der Waals surface area contributed by atoms with Gasteiger partial charge in [0.25, 0.3) is 5.91 Å². The van der Waals surface area contributed by atoms with Gasteiger partial charge in [0.1, 0.15) is 12.3 Å². The van der Waals surface area contributed by atoms with E-state index >= 15 is 0 Å². The molecule has 6 heteroatoms. The highest BCUT2D eigenvalue weighted by Gasteiger charge is 2.21. The maximum Gasteiger partial charge on any atom is 0.323 e. The molecule has 1 aromatic heterocycles. The van der Waals surface area contributed by atoms with Crippen molar-refractivity contribution >= 4 is 11.9 Å². The van der Waals surface area contributed by atoms with Crippen LogP contribution in [0.5, 0.6) is 5.75 Å². The molecule has 88 valence electrons. The van der Waals surface area contributed by atoms with Crippen LogP contribution in [0.1, 0.15) is 10.5 Å². The highest BCUT2D eigenvalue weighted by Crippen LogP contribution is 2.14. The fourth-order valence-corrected chi connectivity index (χ4v) is 1.18. The standard InChI is InChI=1S/C11H10N2O4/c1-2-6-13(7-9(15)16)11(17)10-8(14)4-3-5-12-10/h1,3-5,14H,6-7H2,(H,15,16). The molecule has 0 atom stereocenters. The van der Waals surface area contributed by atoms with Crippen LogP contribution in [0, 0.1) is 12.3 Å². The Morgan fingerprint density at radius 2 is 2.24 bits per heavy atom. The van der Waals surface area contributed by atoms with Crippen molar-refractivity contribution in [3.63, 3.8) is 0 Å². The number of aliphatic carboxylic acids is 1. The van der Waals surface area contributed by atoms with Crippen LogP contribution >= 0.6 is 0 Å². The van der Waals surface area contributed by atoms with Crippen LogP contribution in [0.2, 0.25) is 0 Å². The first-order valence-corrected chi connectivity index (χ1v) is 4.64. The third-order valence-corrected chi connectivity index (χ3v) is 1.88. The Morgan fingerprint density at radius 3 is 2.76 bits per heavy atom. The SMILES string of the molecule is C#CCN(CC(=O)O)C(=O)c1ncccc1O. The summed E-state index contributed by atoms with van der Waals surface area (Å²) in [5.41, 5.74) is -0.219. The molecule has 0 fully saturated rings. The minimum absolute atomic E-state index is 0.166. The molecule has 0 aromatic carbocycles. The van der Waals surface area contributed by atoms with Crippen LogP contribution in [0.3, 0.4) is 0 Å². The molecule has 0 bridgehead atoms. The number of rotatable bonds is 4. The molecule has 1 aromatic rings. The Bertz CT molecular complexity index is 479. The van der Waals surface area contributed by atoms with Crippen LogP contribution < -0.4 is 0 Å². The van der Waals surface area contributed by atoms with E-state index in [1.165, 1.54) is 18.3 Å². The predicted octanol–water partition coefficient (Wildman–Crippen LogP) is -0.0528. The molecule has 0 unspecified atom stereocenters. The number of aromatic hydroxyl groups is 1. The zero-order valence-corrected chi connectivity index (χ0v) is 8.83. The molecule has 6 nitrogen and oxygen atoms in total. The third-order valence-electron chi connectivity index (χ3n) is 1.88. The van der Waals surface area contributed by atoms with Crippen molar-refractivity contribution in [3.8, 4) is 18.1 Å². The smallest absolute Gasteiger partial charge is 0.323 e. The third kappa shape index (κ3) is 3.21. The zero-order valence-electron chi connectivity index (χ0n) is 8.83. The molecular formula is C11H10N2O4. The lowest BCUT2D eigenvalue weighted by atomic mass is 10.3. The second-order valence-electron chi connectivity index (χ2n) is 3.13. The van der Waals surface area contributed by atoms with Gasteiger partial charge in [0.05, 0.1) is 6.54 Å². The molecular weight excluding hydrogens is 224 g/mol. The summed E-state index contributed by atoms with van der Waals surface area (Å²) in [5.74, 6) is -0.0490. The number of terminal acetylenes is 1. The van der Waals surface area contributed by atoms with E-state index in [0.29, 0.717) is 0 Å². The van der Waals surface area contributed by atoms with Gasteiger partial charge in [-0.1, -0.05) is 5.92 Å². The Morgan fingerprint density at radius 1 is 1.53 bits per heavy atom. The maximum atomic E-state index is 11.8.